The number of benzene rings is 2. The predicted molar refractivity (Wildman–Crippen MR) is 124 cm³/mol. The molecular formula is C23H19BrClN3O4. The number of carbonyl (C=O) groups is 3. The number of halogens is 2. The minimum absolute atomic E-state index is 0.213. The largest absolute Gasteiger partial charge is 0.391 e. The van der Waals surface area contributed by atoms with Crippen LogP contribution in [0.15, 0.2) is 34.8 Å². The quantitative estimate of drug-likeness (QED) is 0.461. The molecule has 2 aliphatic rings. The standard InChI is InChI=1S/C23H19BrClN3O4/c1-28-14-9-11(10-5-2-3-6-12(10)25)16-18(22(31)27-21(16)30)17(14)19(24)20(28)23(32)26-13-7-4-8-15(13)29/h2-3,5-6,9,13,15,29H,4,7-8H2,1H3,(H,26,32)(H,27,30,31)/t13-,15-/m0/s1. The third kappa shape index (κ3) is 3.09. The minimum atomic E-state index is -0.577. The van der Waals surface area contributed by atoms with Gasteiger partial charge in [-0.15, -0.1) is 0 Å². The van der Waals surface area contributed by atoms with Crippen molar-refractivity contribution in [1.82, 2.24) is 15.2 Å². The lowest BCUT2D eigenvalue weighted by atomic mass is 9.94. The molecule has 7 nitrogen and oxygen atoms in total. The number of amides is 3. The lowest BCUT2D eigenvalue weighted by Gasteiger charge is -2.17. The third-order valence-electron chi connectivity index (χ3n) is 6.29. The van der Waals surface area contributed by atoms with Crippen molar-refractivity contribution in [3.63, 3.8) is 0 Å². The van der Waals surface area contributed by atoms with Crippen molar-refractivity contribution < 1.29 is 19.5 Å². The molecule has 1 aliphatic heterocycles. The van der Waals surface area contributed by atoms with Crippen molar-refractivity contribution in [1.29, 1.82) is 0 Å². The zero-order valence-corrected chi connectivity index (χ0v) is 19.4. The van der Waals surface area contributed by atoms with Gasteiger partial charge in [-0.1, -0.05) is 29.8 Å². The first-order chi connectivity index (χ1) is 15.3. The summed E-state index contributed by atoms with van der Waals surface area (Å²) in [6.45, 7) is 0. The fourth-order valence-corrected chi connectivity index (χ4v) is 5.81. The molecule has 5 rings (SSSR count). The number of hydrogen-bond donors (Lipinski definition) is 3. The molecule has 0 unspecified atom stereocenters. The summed E-state index contributed by atoms with van der Waals surface area (Å²) in [4.78, 5) is 38.7. The second-order valence-electron chi connectivity index (χ2n) is 8.13. The van der Waals surface area contributed by atoms with Gasteiger partial charge in [0, 0.05) is 23.0 Å². The van der Waals surface area contributed by atoms with E-state index in [0.717, 1.165) is 6.42 Å². The molecule has 0 radical (unpaired) electrons. The van der Waals surface area contributed by atoms with Crippen LogP contribution < -0.4 is 10.6 Å². The van der Waals surface area contributed by atoms with Gasteiger partial charge in [0.05, 0.1) is 33.3 Å². The van der Waals surface area contributed by atoms with Gasteiger partial charge in [0.15, 0.2) is 0 Å². The molecule has 3 N–H and O–H groups in total. The number of carbonyl (C=O) groups excluding carboxylic acids is 3. The number of fused-ring (bicyclic) bond motifs is 3. The highest BCUT2D eigenvalue weighted by atomic mass is 79.9. The third-order valence-corrected chi connectivity index (χ3v) is 7.39. The Hall–Kier alpha value is -2.68. The number of nitrogens with zero attached hydrogens (tertiary/aromatic N) is 1. The maximum atomic E-state index is 13.2. The van der Waals surface area contributed by atoms with E-state index in [-0.39, 0.29) is 23.1 Å². The van der Waals surface area contributed by atoms with Crippen LogP contribution in [-0.2, 0) is 7.05 Å². The van der Waals surface area contributed by atoms with E-state index in [0.29, 0.717) is 50.1 Å². The molecule has 1 aromatic heterocycles. The van der Waals surface area contributed by atoms with E-state index in [1.54, 1.807) is 41.9 Å². The smallest absolute Gasteiger partial charge is 0.269 e. The molecule has 164 valence electrons. The van der Waals surface area contributed by atoms with Crippen molar-refractivity contribution in [3.05, 3.63) is 56.6 Å². The van der Waals surface area contributed by atoms with E-state index in [1.165, 1.54) is 0 Å². The highest BCUT2D eigenvalue weighted by molar-refractivity contribution is 9.10. The molecule has 0 spiro atoms. The summed E-state index contributed by atoms with van der Waals surface area (Å²) in [6, 6.07) is 8.55. The van der Waals surface area contributed by atoms with E-state index in [2.05, 4.69) is 26.6 Å². The lowest BCUT2D eigenvalue weighted by molar-refractivity contribution is 0.0860. The Kier molecular flexibility index (Phi) is 5.11. The van der Waals surface area contributed by atoms with E-state index >= 15 is 0 Å². The molecule has 1 aliphatic carbocycles. The average molecular weight is 517 g/mol. The second kappa shape index (κ2) is 7.72. The molecule has 9 heteroatoms. The number of aryl methyl sites for hydroxylation is 1. The Bertz CT molecular complexity index is 1330. The minimum Gasteiger partial charge on any atom is -0.391 e. The first-order valence-corrected chi connectivity index (χ1v) is 11.4. The van der Waals surface area contributed by atoms with Gasteiger partial charge < -0.3 is 15.0 Å². The van der Waals surface area contributed by atoms with Crippen LogP contribution >= 0.6 is 27.5 Å². The maximum Gasteiger partial charge on any atom is 0.269 e. The van der Waals surface area contributed by atoms with E-state index in [1.807, 2.05) is 0 Å². The Morgan fingerprint density at radius 3 is 2.59 bits per heavy atom. The zero-order chi connectivity index (χ0) is 22.7. The highest BCUT2D eigenvalue weighted by Crippen LogP contribution is 2.42. The van der Waals surface area contributed by atoms with Gasteiger partial charge in [0.1, 0.15) is 5.69 Å². The first kappa shape index (κ1) is 21.2. The molecule has 0 saturated heterocycles. The van der Waals surface area contributed by atoms with Gasteiger partial charge in [-0.2, -0.15) is 0 Å². The molecule has 2 heterocycles. The Labute approximate surface area is 196 Å². The Morgan fingerprint density at radius 1 is 1.19 bits per heavy atom. The SMILES string of the molecule is Cn1c(C(=O)N[C@H]2CCC[C@@H]2O)c(Br)c2c3c(c(-c4ccccc4Cl)cc21)C(=O)NC3=O. The Balaban J connectivity index is 1.75. The molecule has 32 heavy (non-hydrogen) atoms. The van der Waals surface area contributed by atoms with Gasteiger partial charge in [0.25, 0.3) is 17.7 Å². The number of aromatic nitrogens is 1. The summed E-state index contributed by atoms with van der Waals surface area (Å²) in [5.41, 5.74) is 2.50. The van der Waals surface area contributed by atoms with Gasteiger partial charge in [-0.05, 0) is 52.9 Å². The van der Waals surface area contributed by atoms with Crippen molar-refractivity contribution in [3.8, 4) is 11.1 Å². The topological polar surface area (TPSA) is 100 Å². The summed E-state index contributed by atoms with van der Waals surface area (Å²) in [5, 5.41) is 16.3. The van der Waals surface area contributed by atoms with Crippen LogP contribution in [0.3, 0.4) is 0 Å². The van der Waals surface area contributed by atoms with Crippen LogP contribution in [0.4, 0.5) is 0 Å². The van der Waals surface area contributed by atoms with E-state index in [4.69, 9.17) is 11.6 Å². The molecular weight excluding hydrogens is 498 g/mol. The second-order valence-corrected chi connectivity index (χ2v) is 9.33. The van der Waals surface area contributed by atoms with Gasteiger partial charge in [-0.3, -0.25) is 19.7 Å². The van der Waals surface area contributed by atoms with Crippen molar-refractivity contribution >= 4 is 56.2 Å². The number of nitrogens with one attached hydrogen (secondary N) is 2. The molecule has 2 atom stereocenters. The monoisotopic (exact) mass is 515 g/mol. The van der Waals surface area contributed by atoms with Gasteiger partial charge in [0.2, 0.25) is 0 Å². The van der Waals surface area contributed by atoms with E-state index < -0.39 is 17.9 Å². The normalized spacial score (nSPS) is 20.0. The van der Waals surface area contributed by atoms with Crippen molar-refractivity contribution in [2.24, 2.45) is 7.05 Å². The maximum absolute atomic E-state index is 13.2. The van der Waals surface area contributed by atoms with Crippen molar-refractivity contribution in [2.45, 2.75) is 31.4 Å². The average Bonchev–Trinajstić information content (AvgIpc) is 3.37. The number of aliphatic hydroxyl groups is 1. The van der Waals surface area contributed by atoms with Crippen molar-refractivity contribution in [2.75, 3.05) is 0 Å². The van der Waals surface area contributed by atoms with Crippen LogP contribution in [-0.4, -0.2) is 39.5 Å². The Morgan fingerprint density at radius 2 is 1.91 bits per heavy atom. The van der Waals surface area contributed by atoms with E-state index in [9.17, 15) is 19.5 Å². The van der Waals surface area contributed by atoms with Crippen LogP contribution in [0.2, 0.25) is 5.02 Å². The molecule has 3 amide bonds. The van der Waals surface area contributed by atoms with Crippen LogP contribution in [0, 0.1) is 0 Å². The summed E-state index contributed by atoms with van der Waals surface area (Å²) >= 11 is 9.91. The number of hydrogen-bond acceptors (Lipinski definition) is 4. The zero-order valence-electron chi connectivity index (χ0n) is 17.0. The summed E-state index contributed by atoms with van der Waals surface area (Å²) < 4.78 is 2.11. The molecule has 3 aromatic rings. The fourth-order valence-electron chi connectivity index (χ4n) is 4.72. The number of imide groups is 1. The molecule has 0 bridgehead atoms. The lowest BCUT2D eigenvalue weighted by Crippen LogP contribution is -2.40. The summed E-state index contributed by atoms with van der Waals surface area (Å²) in [7, 11) is 1.73. The molecule has 2 aromatic carbocycles. The van der Waals surface area contributed by atoms with Crippen LogP contribution in [0.25, 0.3) is 22.0 Å². The predicted octanol–water partition coefficient (Wildman–Crippen LogP) is 3.79. The summed E-state index contributed by atoms with van der Waals surface area (Å²) in [5.74, 6) is -1.38. The number of aliphatic hydroxyl groups excluding tert-OH is 1. The van der Waals surface area contributed by atoms with Gasteiger partial charge >= 0.3 is 0 Å². The van der Waals surface area contributed by atoms with Crippen LogP contribution in [0.1, 0.15) is 50.5 Å². The fraction of sp³-hybridized carbons (Fsp3) is 0.261. The molecule has 1 saturated carbocycles. The first-order valence-electron chi connectivity index (χ1n) is 10.2. The van der Waals surface area contributed by atoms with Gasteiger partial charge in [-0.25, -0.2) is 0 Å². The molecule has 1 fully saturated rings. The number of rotatable bonds is 3. The summed E-state index contributed by atoms with van der Waals surface area (Å²) in [6.07, 6.45) is 1.63. The van der Waals surface area contributed by atoms with Crippen LogP contribution in [0.5, 0.6) is 0 Å². The highest BCUT2D eigenvalue weighted by Gasteiger charge is 2.37.